The van der Waals surface area contributed by atoms with Crippen LogP contribution in [0.4, 0.5) is 0 Å². The zero-order valence-electron chi connectivity index (χ0n) is 16.9. The van der Waals surface area contributed by atoms with Crippen molar-refractivity contribution in [3.63, 3.8) is 0 Å². The maximum atomic E-state index is 12.6. The molecule has 0 bridgehead atoms. The van der Waals surface area contributed by atoms with E-state index in [-0.39, 0.29) is 5.78 Å². The molecule has 0 saturated carbocycles. The van der Waals surface area contributed by atoms with Crippen LogP contribution < -0.4 is 4.74 Å². The summed E-state index contributed by atoms with van der Waals surface area (Å²) in [6.45, 7) is 0. The molecule has 0 aromatic heterocycles. The molecule has 0 aliphatic carbocycles. The monoisotopic (exact) mass is 432 g/mol. The van der Waals surface area contributed by atoms with Gasteiger partial charge >= 0.3 is 0 Å². The Labute approximate surface area is 187 Å². The number of benzene rings is 3. The Morgan fingerprint density at radius 3 is 1.83 bits per heavy atom. The van der Waals surface area contributed by atoms with Crippen molar-refractivity contribution in [1.29, 1.82) is 0 Å². The Morgan fingerprint density at radius 2 is 1.33 bits per heavy atom. The van der Waals surface area contributed by atoms with Crippen LogP contribution in [0, 0.1) is 0 Å². The molecule has 0 saturated heterocycles. The van der Waals surface area contributed by atoms with Gasteiger partial charge in [0.2, 0.25) is 0 Å². The van der Waals surface area contributed by atoms with E-state index in [1.165, 1.54) is 11.1 Å². The van der Waals surface area contributed by atoms with Crippen LogP contribution in [0.15, 0.2) is 101 Å². The van der Waals surface area contributed by atoms with Gasteiger partial charge in [0.25, 0.3) is 0 Å². The lowest BCUT2D eigenvalue weighted by molar-refractivity contribution is -0.110. The Hall–Kier alpha value is -2.69. The zero-order valence-corrected chi connectivity index (χ0v) is 18.5. The van der Waals surface area contributed by atoms with Crippen molar-refractivity contribution in [1.82, 2.24) is 0 Å². The summed E-state index contributed by atoms with van der Waals surface area (Å²) in [5, 5.41) is 0. The van der Waals surface area contributed by atoms with Crippen molar-refractivity contribution in [3.05, 3.63) is 118 Å². The van der Waals surface area contributed by atoms with Gasteiger partial charge in [0.15, 0.2) is 5.78 Å². The van der Waals surface area contributed by atoms with E-state index in [0.717, 1.165) is 27.1 Å². The van der Waals surface area contributed by atoms with Crippen molar-refractivity contribution in [2.45, 2.75) is 11.5 Å². The minimum absolute atomic E-state index is 0.0121. The first kappa shape index (κ1) is 22.0. The summed E-state index contributed by atoms with van der Waals surface area (Å²) in [6, 6.07) is 28.3. The molecular weight excluding hydrogens is 408 g/mol. The molecule has 2 nitrogen and oxygen atoms in total. The summed E-state index contributed by atoms with van der Waals surface area (Å²) in [5.74, 6) is 2.46. The first-order valence-corrected chi connectivity index (χ1v) is 11.6. The third-order valence-corrected chi connectivity index (χ3v) is 6.73. The summed E-state index contributed by atoms with van der Waals surface area (Å²) in [6.07, 6.45) is 5.19. The smallest absolute Gasteiger partial charge is 0.180 e. The molecular formula is C26H24O2S2. The summed E-state index contributed by atoms with van der Waals surface area (Å²) < 4.78 is 6.19. The average molecular weight is 433 g/mol. The largest absolute Gasteiger partial charge is 0.497 e. The van der Waals surface area contributed by atoms with Crippen LogP contribution in [0.5, 0.6) is 5.75 Å². The Morgan fingerprint density at radius 1 is 0.800 bits per heavy atom. The number of carbonyl (C=O) groups excluding carboxylic acids is 1. The number of thioether (sulfide) groups is 2. The Bertz CT molecular complexity index is 933. The highest BCUT2D eigenvalue weighted by Crippen LogP contribution is 2.33. The molecule has 0 amide bonds. The second kappa shape index (κ2) is 12.1. The Kier molecular flexibility index (Phi) is 8.88. The highest BCUT2D eigenvalue weighted by molar-refractivity contribution is 8.21. The van der Waals surface area contributed by atoms with Gasteiger partial charge in [-0.05, 0) is 34.9 Å². The van der Waals surface area contributed by atoms with Crippen LogP contribution in [0.25, 0.3) is 6.08 Å². The molecule has 0 spiro atoms. The molecule has 4 heteroatoms. The van der Waals surface area contributed by atoms with Crippen molar-refractivity contribution < 1.29 is 9.53 Å². The van der Waals surface area contributed by atoms with Crippen molar-refractivity contribution in [2.24, 2.45) is 0 Å². The molecule has 0 aliphatic rings. The fraction of sp³-hybridized carbons (Fsp3) is 0.115. The molecule has 0 atom stereocenters. The predicted molar refractivity (Wildman–Crippen MR) is 131 cm³/mol. The average Bonchev–Trinajstić information content (AvgIpc) is 2.81. The van der Waals surface area contributed by atoms with E-state index in [4.69, 9.17) is 4.74 Å². The molecule has 3 aromatic rings. The number of ether oxygens (including phenoxy) is 1. The van der Waals surface area contributed by atoms with Crippen LogP contribution in [-0.4, -0.2) is 12.9 Å². The van der Waals surface area contributed by atoms with Gasteiger partial charge in [-0.2, -0.15) is 0 Å². The molecule has 0 unspecified atom stereocenters. The molecule has 0 heterocycles. The normalized spacial score (nSPS) is 10.7. The third-order valence-electron chi connectivity index (χ3n) is 4.26. The van der Waals surface area contributed by atoms with E-state index < -0.39 is 0 Å². The van der Waals surface area contributed by atoms with Gasteiger partial charge in [0.1, 0.15) is 5.75 Å². The van der Waals surface area contributed by atoms with Gasteiger partial charge in [-0.1, -0.05) is 78.9 Å². The first-order chi connectivity index (χ1) is 14.7. The maximum Gasteiger partial charge on any atom is 0.180 e. The van der Waals surface area contributed by atoms with Crippen LogP contribution in [0.2, 0.25) is 0 Å². The SMILES string of the molecule is COc1ccc(C=CC(=O)C=C(SCc2ccccc2)SCc2ccccc2)cc1. The Balaban J connectivity index is 1.66. The number of ketones is 1. The molecule has 30 heavy (non-hydrogen) atoms. The third kappa shape index (κ3) is 7.62. The highest BCUT2D eigenvalue weighted by Gasteiger charge is 2.05. The molecule has 0 fully saturated rings. The summed E-state index contributed by atoms with van der Waals surface area (Å²) in [4.78, 5) is 12.6. The zero-order chi connectivity index (χ0) is 21.0. The molecule has 0 aliphatic heterocycles. The second-order valence-electron chi connectivity index (χ2n) is 6.52. The van der Waals surface area contributed by atoms with E-state index in [1.807, 2.05) is 66.7 Å². The quantitative estimate of drug-likeness (QED) is 0.323. The first-order valence-electron chi connectivity index (χ1n) is 9.64. The van der Waals surface area contributed by atoms with E-state index >= 15 is 0 Å². The standard InChI is InChI=1S/C26H24O2S2/c1-28-25-16-13-21(14-17-25)12-15-24(27)18-26(29-19-22-8-4-2-5-9-22)30-20-23-10-6-3-7-11-23/h2-18H,19-20H2,1H3. The summed E-state index contributed by atoms with van der Waals surface area (Å²) in [5.41, 5.74) is 3.46. The van der Waals surface area contributed by atoms with Crippen LogP contribution in [-0.2, 0) is 16.3 Å². The lowest BCUT2D eigenvalue weighted by Crippen LogP contribution is -1.89. The molecule has 3 aromatic carbocycles. The van der Waals surface area contributed by atoms with Gasteiger partial charge in [-0.25, -0.2) is 0 Å². The predicted octanol–water partition coefficient (Wildman–Crippen LogP) is 6.99. The maximum absolute atomic E-state index is 12.6. The number of methoxy groups -OCH3 is 1. The number of allylic oxidation sites excluding steroid dienone is 2. The van der Waals surface area contributed by atoms with Crippen molar-refractivity contribution >= 4 is 35.4 Å². The molecule has 0 radical (unpaired) electrons. The fourth-order valence-electron chi connectivity index (χ4n) is 2.64. The number of hydrogen-bond acceptors (Lipinski definition) is 4. The highest BCUT2D eigenvalue weighted by atomic mass is 32.2. The van der Waals surface area contributed by atoms with E-state index in [9.17, 15) is 4.79 Å². The van der Waals surface area contributed by atoms with Gasteiger partial charge in [0.05, 0.1) is 7.11 Å². The minimum Gasteiger partial charge on any atom is -0.497 e. The van der Waals surface area contributed by atoms with Crippen LogP contribution in [0.1, 0.15) is 16.7 Å². The van der Waals surface area contributed by atoms with E-state index in [2.05, 4.69) is 24.3 Å². The number of rotatable bonds is 10. The number of hydrogen-bond donors (Lipinski definition) is 0. The van der Waals surface area contributed by atoms with Gasteiger partial charge in [0, 0.05) is 21.8 Å². The summed E-state index contributed by atoms with van der Waals surface area (Å²) >= 11 is 3.40. The lowest BCUT2D eigenvalue weighted by Gasteiger charge is -2.07. The van der Waals surface area contributed by atoms with Crippen molar-refractivity contribution in [3.8, 4) is 5.75 Å². The number of carbonyl (C=O) groups is 1. The topological polar surface area (TPSA) is 26.3 Å². The van der Waals surface area contributed by atoms with Crippen LogP contribution in [0.3, 0.4) is 0 Å². The lowest BCUT2D eigenvalue weighted by atomic mass is 10.2. The molecule has 3 rings (SSSR count). The van der Waals surface area contributed by atoms with E-state index in [1.54, 1.807) is 42.8 Å². The van der Waals surface area contributed by atoms with Gasteiger partial charge in [-0.15, -0.1) is 23.5 Å². The van der Waals surface area contributed by atoms with Gasteiger partial charge in [-0.3, -0.25) is 4.79 Å². The fourth-order valence-corrected chi connectivity index (χ4v) is 4.73. The summed E-state index contributed by atoms with van der Waals surface area (Å²) in [7, 11) is 1.64. The minimum atomic E-state index is -0.0121. The molecule has 0 N–H and O–H groups in total. The second-order valence-corrected chi connectivity index (χ2v) is 8.81. The molecule has 152 valence electrons. The van der Waals surface area contributed by atoms with Crippen LogP contribution >= 0.6 is 23.5 Å². The van der Waals surface area contributed by atoms with E-state index in [0.29, 0.717) is 0 Å². The van der Waals surface area contributed by atoms with Gasteiger partial charge < -0.3 is 4.74 Å². The van der Waals surface area contributed by atoms with Crippen molar-refractivity contribution in [2.75, 3.05) is 7.11 Å².